The third-order valence-corrected chi connectivity index (χ3v) is 9.64. The topological polar surface area (TPSA) is 38.2 Å². The second-order valence-electron chi connectivity index (χ2n) is 12.0. The summed E-state index contributed by atoms with van der Waals surface area (Å²) in [6, 6.07) is 19.5. The Labute approximate surface area is 240 Å². The van der Waals surface area contributed by atoms with Crippen molar-refractivity contribution in [2.45, 2.75) is 58.5 Å². The number of aryl methyl sites for hydroxylation is 2. The molecule has 0 amide bonds. The molecule has 2 fully saturated rings. The molecule has 41 heavy (non-hydrogen) atoms. The molecule has 2 aliphatic carbocycles. The van der Waals surface area contributed by atoms with Crippen LogP contribution >= 0.6 is 0 Å². The number of anilines is 1. The van der Waals surface area contributed by atoms with E-state index in [4.69, 9.17) is 14.7 Å². The van der Waals surface area contributed by atoms with Crippen LogP contribution in [-0.4, -0.2) is 23.1 Å². The summed E-state index contributed by atoms with van der Waals surface area (Å²) in [7, 11) is 0. The number of aromatic nitrogens is 2. The van der Waals surface area contributed by atoms with Gasteiger partial charge in [0, 0.05) is 24.2 Å². The first-order valence-electron chi connectivity index (χ1n) is 14.8. The minimum Gasteiger partial charge on any atom is -0.489 e. The van der Waals surface area contributed by atoms with E-state index in [2.05, 4.69) is 48.2 Å². The van der Waals surface area contributed by atoms with E-state index < -0.39 is 11.6 Å². The Morgan fingerprint density at radius 1 is 0.927 bits per heavy atom. The molecule has 1 aromatic heterocycles. The van der Waals surface area contributed by atoms with Gasteiger partial charge in [-0.1, -0.05) is 43.3 Å². The lowest BCUT2D eigenvalue weighted by Gasteiger charge is -2.32. The summed E-state index contributed by atoms with van der Waals surface area (Å²) in [4.78, 5) is 11.8. The van der Waals surface area contributed by atoms with Crippen molar-refractivity contribution in [3.05, 3.63) is 106 Å². The van der Waals surface area contributed by atoms with E-state index in [-0.39, 0.29) is 12.2 Å². The average molecular weight is 552 g/mol. The number of benzene rings is 3. The summed E-state index contributed by atoms with van der Waals surface area (Å²) in [6.07, 6.45) is 3.14. The fraction of sp³-hybridized carbons (Fsp3) is 0.371. The van der Waals surface area contributed by atoms with Crippen LogP contribution in [0.4, 0.5) is 14.7 Å². The van der Waals surface area contributed by atoms with Crippen molar-refractivity contribution < 1.29 is 13.5 Å². The van der Waals surface area contributed by atoms with Crippen molar-refractivity contribution >= 4 is 5.95 Å². The first-order valence-corrected chi connectivity index (χ1v) is 14.8. The van der Waals surface area contributed by atoms with Crippen LogP contribution in [0.1, 0.15) is 65.2 Å². The van der Waals surface area contributed by atoms with Crippen molar-refractivity contribution in [1.82, 2.24) is 9.97 Å². The Morgan fingerprint density at radius 2 is 1.66 bits per heavy atom. The molecule has 0 radical (unpaired) electrons. The maximum Gasteiger partial charge on any atom is 0.225 e. The Hall–Kier alpha value is -3.80. The summed E-state index contributed by atoms with van der Waals surface area (Å²) < 4.78 is 36.7. The van der Waals surface area contributed by atoms with Gasteiger partial charge in [-0.15, -0.1) is 0 Å². The summed E-state index contributed by atoms with van der Waals surface area (Å²) in [5.74, 6) is 2.80. The highest BCUT2D eigenvalue weighted by molar-refractivity contribution is 5.70. The molecule has 7 rings (SSSR count). The second-order valence-corrected chi connectivity index (χ2v) is 12.0. The van der Waals surface area contributed by atoms with Gasteiger partial charge in [-0.25, -0.2) is 18.7 Å². The molecule has 1 saturated carbocycles. The lowest BCUT2D eigenvalue weighted by atomic mass is 9.89. The molecule has 0 unspecified atom stereocenters. The Morgan fingerprint density at radius 3 is 2.39 bits per heavy atom. The molecule has 3 aliphatic rings. The van der Waals surface area contributed by atoms with Gasteiger partial charge >= 0.3 is 0 Å². The number of nitrogens with zero attached hydrogens (tertiary/aromatic N) is 3. The third kappa shape index (κ3) is 4.67. The Bertz CT molecular complexity index is 1590. The van der Waals surface area contributed by atoms with E-state index in [0.717, 1.165) is 44.2 Å². The minimum atomic E-state index is -0.618. The van der Waals surface area contributed by atoms with Crippen molar-refractivity contribution in [1.29, 1.82) is 0 Å². The predicted octanol–water partition coefficient (Wildman–Crippen LogP) is 7.91. The summed E-state index contributed by atoms with van der Waals surface area (Å²) >= 11 is 0. The van der Waals surface area contributed by atoms with E-state index in [9.17, 15) is 4.39 Å². The van der Waals surface area contributed by atoms with E-state index in [1.165, 1.54) is 28.8 Å². The highest BCUT2D eigenvalue weighted by Gasteiger charge is 2.52. The van der Waals surface area contributed by atoms with Crippen LogP contribution in [0.25, 0.3) is 11.1 Å². The van der Waals surface area contributed by atoms with Gasteiger partial charge in [0.15, 0.2) is 0 Å². The van der Waals surface area contributed by atoms with Crippen LogP contribution in [0.15, 0.2) is 60.7 Å². The second kappa shape index (κ2) is 10.2. The maximum atomic E-state index is 15.9. The summed E-state index contributed by atoms with van der Waals surface area (Å²) in [5.41, 5.74) is 6.29. The average Bonchev–Trinajstić information content (AvgIpc) is 3.43. The zero-order valence-corrected chi connectivity index (χ0v) is 23.8. The molecular weight excluding hydrogens is 516 g/mol. The molecule has 0 N–H and O–H groups in total. The van der Waals surface area contributed by atoms with Crippen molar-refractivity contribution in [2.24, 2.45) is 11.8 Å². The summed E-state index contributed by atoms with van der Waals surface area (Å²) in [6.45, 7) is 7.61. The molecule has 4 aromatic rings. The highest BCUT2D eigenvalue weighted by atomic mass is 19.1. The molecule has 210 valence electrons. The van der Waals surface area contributed by atoms with Gasteiger partial charge in [0.25, 0.3) is 0 Å². The highest BCUT2D eigenvalue weighted by Crippen LogP contribution is 2.61. The molecule has 4 nitrogen and oxygen atoms in total. The molecular formula is C35H35F2N3O. The normalized spacial score (nSPS) is 21.5. The van der Waals surface area contributed by atoms with E-state index in [0.29, 0.717) is 46.0 Å². The molecule has 2 heterocycles. The van der Waals surface area contributed by atoms with Crippen molar-refractivity contribution in [2.75, 3.05) is 18.0 Å². The van der Waals surface area contributed by atoms with Gasteiger partial charge in [-0.3, -0.25) is 0 Å². The number of hydrogen-bond acceptors (Lipinski definition) is 4. The molecule has 1 aliphatic heterocycles. The smallest absolute Gasteiger partial charge is 0.225 e. The van der Waals surface area contributed by atoms with E-state index in [1.807, 2.05) is 26.0 Å². The van der Waals surface area contributed by atoms with Crippen LogP contribution < -0.4 is 9.64 Å². The third-order valence-electron chi connectivity index (χ3n) is 9.64. The van der Waals surface area contributed by atoms with Crippen molar-refractivity contribution in [3.63, 3.8) is 0 Å². The minimum absolute atomic E-state index is 0.0784. The summed E-state index contributed by atoms with van der Waals surface area (Å²) in [5, 5.41) is 0. The first-order chi connectivity index (χ1) is 19.9. The molecule has 1 saturated heterocycles. The van der Waals surface area contributed by atoms with E-state index >= 15 is 4.39 Å². The van der Waals surface area contributed by atoms with Crippen LogP contribution in [0.3, 0.4) is 0 Å². The predicted molar refractivity (Wildman–Crippen MR) is 157 cm³/mol. The number of ether oxygens (including phenoxy) is 1. The Balaban J connectivity index is 1.09. The standard InChI is InChI=1S/C35H35F2N3O/c1-20-29-18-25-17-26(9-10-27(25)32(20)29)41-19-30-31(36)12-11-28(34(30)37)33-21(2)38-35(39-22(33)3)40-15-13-24(14-16-40)23-7-5-4-6-8-23/h4-12,17,20,24,29,32H,13-16,18-19H2,1-3H3/t20-,29-,32-/m0/s1. The molecule has 0 spiro atoms. The first kappa shape index (κ1) is 26.1. The maximum absolute atomic E-state index is 15.9. The van der Waals surface area contributed by atoms with Gasteiger partial charge in [0.1, 0.15) is 24.0 Å². The van der Waals surface area contributed by atoms with Gasteiger partial charge in [-0.2, -0.15) is 0 Å². The lowest BCUT2D eigenvalue weighted by molar-refractivity contribution is 0.292. The zero-order chi connectivity index (χ0) is 28.2. The largest absolute Gasteiger partial charge is 0.489 e. The number of hydrogen-bond donors (Lipinski definition) is 0. The van der Waals surface area contributed by atoms with Crippen LogP contribution in [0, 0.1) is 37.3 Å². The van der Waals surface area contributed by atoms with Crippen LogP contribution in [0.2, 0.25) is 0 Å². The number of piperidine rings is 1. The van der Waals surface area contributed by atoms with Gasteiger partial charge in [0.05, 0.1) is 17.0 Å². The molecule has 3 atom stereocenters. The quantitative estimate of drug-likeness (QED) is 0.244. The number of fused-ring (bicyclic) bond motifs is 3. The fourth-order valence-corrected chi connectivity index (χ4v) is 7.25. The van der Waals surface area contributed by atoms with Crippen LogP contribution in [-0.2, 0) is 13.0 Å². The van der Waals surface area contributed by atoms with Crippen molar-refractivity contribution in [3.8, 4) is 16.9 Å². The Kier molecular flexibility index (Phi) is 6.52. The van der Waals surface area contributed by atoms with Gasteiger partial charge in [-0.05, 0) is 97.7 Å². The van der Waals surface area contributed by atoms with Gasteiger partial charge in [0.2, 0.25) is 5.95 Å². The lowest BCUT2D eigenvalue weighted by Crippen LogP contribution is -2.34. The molecule has 0 bridgehead atoms. The molecule has 3 aromatic carbocycles. The van der Waals surface area contributed by atoms with Crippen LogP contribution in [0.5, 0.6) is 5.75 Å². The monoisotopic (exact) mass is 551 g/mol. The van der Waals surface area contributed by atoms with E-state index in [1.54, 1.807) is 0 Å². The number of rotatable bonds is 6. The zero-order valence-electron chi connectivity index (χ0n) is 23.8. The fourth-order valence-electron chi connectivity index (χ4n) is 7.25. The van der Waals surface area contributed by atoms with Gasteiger partial charge < -0.3 is 9.64 Å². The molecule has 6 heteroatoms. The SMILES string of the molecule is Cc1nc(N2CCC(c3ccccc3)CC2)nc(C)c1-c1ccc(F)c(COc2ccc3c(c2)C[C@H]2[C@H](C)[C@@H]32)c1F. The number of halogens is 2.